The van der Waals surface area contributed by atoms with Gasteiger partial charge in [-0.15, -0.1) is 10.2 Å². The maximum atomic E-state index is 13.0. The van der Waals surface area contributed by atoms with E-state index in [1.165, 1.54) is 47.7 Å². The Kier molecular flexibility index (Phi) is 6.23. The average Bonchev–Trinajstić information content (AvgIpc) is 3.09. The van der Waals surface area contributed by atoms with Crippen molar-refractivity contribution in [3.05, 3.63) is 64.9 Å². The summed E-state index contributed by atoms with van der Waals surface area (Å²) in [7, 11) is -3.94. The van der Waals surface area contributed by atoms with Gasteiger partial charge in [0, 0.05) is 17.7 Å². The van der Waals surface area contributed by atoms with Crippen LogP contribution in [0.5, 0.6) is 0 Å². The fourth-order valence-electron chi connectivity index (χ4n) is 2.44. The molecule has 0 radical (unpaired) electrons. The molecule has 0 atom stereocenters. The Morgan fingerprint density at radius 1 is 1.14 bits per heavy atom. The van der Waals surface area contributed by atoms with Crippen molar-refractivity contribution in [1.82, 2.24) is 10.2 Å². The number of aromatic nitrogens is 2. The first-order valence-corrected chi connectivity index (χ1v) is 11.0. The predicted octanol–water partition coefficient (Wildman–Crippen LogP) is 3.93. The summed E-state index contributed by atoms with van der Waals surface area (Å²) in [6.45, 7) is 4.12. The van der Waals surface area contributed by atoms with Crippen molar-refractivity contribution in [1.29, 1.82) is 0 Å². The zero-order valence-corrected chi connectivity index (χ0v) is 17.3. The van der Waals surface area contributed by atoms with Crippen molar-refractivity contribution in [2.24, 2.45) is 5.92 Å². The third-order valence-electron chi connectivity index (χ3n) is 3.77. The van der Waals surface area contributed by atoms with Gasteiger partial charge in [-0.1, -0.05) is 31.3 Å². The third-order valence-corrected chi connectivity index (χ3v) is 6.01. The molecule has 0 bridgehead atoms. The molecule has 0 saturated carbocycles. The summed E-state index contributed by atoms with van der Waals surface area (Å²) in [5.74, 6) is -0.544. The number of nitrogens with zero attached hydrogens (tertiary/aromatic N) is 2. The first-order chi connectivity index (χ1) is 13.7. The number of hydrogen-bond donors (Lipinski definition) is 2. The highest BCUT2D eigenvalue weighted by atomic mass is 32.2. The second-order valence-electron chi connectivity index (χ2n) is 6.69. The van der Waals surface area contributed by atoms with Crippen molar-refractivity contribution < 1.29 is 17.6 Å². The maximum Gasteiger partial charge on any atom is 0.261 e. The average molecular weight is 435 g/mol. The summed E-state index contributed by atoms with van der Waals surface area (Å²) in [5, 5.41) is 11.8. The number of hydrogen-bond acceptors (Lipinski definition) is 6. The fraction of sp³-hybridized carbons (Fsp3) is 0.211. The zero-order chi connectivity index (χ0) is 21.0. The second-order valence-corrected chi connectivity index (χ2v) is 9.44. The number of rotatable bonds is 7. The molecule has 29 heavy (non-hydrogen) atoms. The van der Waals surface area contributed by atoms with Crippen LogP contribution in [-0.2, 0) is 16.4 Å². The molecule has 0 aliphatic heterocycles. The van der Waals surface area contributed by atoms with Crippen LogP contribution in [0, 0.1) is 11.7 Å². The highest BCUT2D eigenvalue weighted by molar-refractivity contribution is 7.92. The van der Waals surface area contributed by atoms with E-state index in [2.05, 4.69) is 34.1 Å². The summed E-state index contributed by atoms with van der Waals surface area (Å²) >= 11 is 1.28. The van der Waals surface area contributed by atoms with Gasteiger partial charge in [-0.25, -0.2) is 12.8 Å². The number of amides is 1. The molecule has 0 aliphatic rings. The van der Waals surface area contributed by atoms with Gasteiger partial charge in [-0.2, -0.15) is 0 Å². The lowest BCUT2D eigenvalue weighted by Gasteiger charge is -2.09. The van der Waals surface area contributed by atoms with Gasteiger partial charge in [-0.05, 0) is 48.4 Å². The largest absolute Gasteiger partial charge is 0.296 e. The predicted molar refractivity (Wildman–Crippen MR) is 110 cm³/mol. The molecule has 2 N–H and O–H groups in total. The van der Waals surface area contributed by atoms with Crippen molar-refractivity contribution in [2.75, 3.05) is 10.0 Å². The number of carbonyl (C=O) groups is 1. The molecule has 152 valence electrons. The smallest absolute Gasteiger partial charge is 0.261 e. The molecule has 0 fully saturated rings. The van der Waals surface area contributed by atoms with Gasteiger partial charge in [0.15, 0.2) is 0 Å². The first-order valence-electron chi connectivity index (χ1n) is 8.75. The molecule has 0 unspecified atom stereocenters. The first kappa shape index (κ1) is 20.9. The van der Waals surface area contributed by atoms with Crippen LogP contribution >= 0.6 is 11.3 Å². The molecule has 0 saturated heterocycles. The number of carbonyl (C=O) groups excluding carboxylic acids is 1. The Morgan fingerprint density at radius 2 is 1.86 bits per heavy atom. The Labute approximate surface area is 172 Å². The topological polar surface area (TPSA) is 101 Å². The normalized spacial score (nSPS) is 11.4. The summed E-state index contributed by atoms with van der Waals surface area (Å²) < 4.78 is 40.5. The molecule has 10 heteroatoms. The van der Waals surface area contributed by atoms with Crippen LogP contribution < -0.4 is 10.0 Å². The minimum Gasteiger partial charge on any atom is -0.296 e. The van der Waals surface area contributed by atoms with E-state index in [0.29, 0.717) is 11.0 Å². The molecule has 3 aromatic rings. The van der Waals surface area contributed by atoms with E-state index in [-0.39, 0.29) is 16.1 Å². The number of anilines is 2. The Hall–Kier alpha value is -2.85. The van der Waals surface area contributed by atoms with E-state index >= 15 is 0 Å². The molecule has 1 heterocycles. The summed E-state index contributed by atoms with van der Waals surface area (Å²) in [6.07, 6.45) is 0.760. The highest BCUT2D eigenvalue weighted by Crippen LogP contribution is 2.21. The SMILES string of the molecule is CC(C)Cc1nnc(NC(=O)c2cccc(S(=O)(=O)Nc3ccc(F)cc3)c2)s1. The van der Waals surface area contributed by atoms with Crippen LogP contribution in [0.15, 0.2) is 53.4 Å². The van der Waals surface area contributed by atoms with Crippen molar-refractivity contribution >= 4 is 38.1 Å². The minimum absolute atomic E-state index is 0.0905. The van der Waals surface area contributed by atoms with Crippen LogP contribution in [0.1, 0.15) is 29.2 Å². The van der Waals surface area contributed by atoms with Crippen molar-refractivity contribution in [2.45, 2.75) is 25.2 Å². The lowest BCUT2D eigenvalue weighted by molar-refractivity contribution is 0.102. The quantitative estimate of drug-likeness (QED) is 0.587. The number of nitrogens with one attached hydrogen (secondary N) is 2. The van der Waals surface area contributed by atoms with Crippen LogP contribution in [0.2, 0.25) is 0 Å². The Bertz CT molecular complexity index is 1110. The monoisotopic (exact) mass is 434 g/mol. The molecular formula is C19H19FN4O3S2. The van der Waals surface area contributed by atoms with Crippen LogP contribution in [0.25, 0.3) is 0 Å². The van der Waals surface area contributed by atoms with Crippen LogP contribution in [0.3, 0.4) is 0 Å². The van der Waals surface area contributed by atoms with Crippen molar-refractivity contribution in [3.8, 4) is 0 Å². The molecule has 3 rings (SSSR count). The van der Waals surface area contributed by atoms with Gasteiger partial charge >= 0.3 is 0 Å². The van der Waals surface area contributed by atoms with E-state index in [0.717, 1.165) is 23.6 Å². The van der Waals surface area contributed by atoms with Gasteiger partial charge in [-0.3, -0.25) is 14.8 Å². The van der Waals surface area contributed by atoms with Gasteiger partial charge in [0.1, 0.15) is 10.8 Å². The second kappa shape index (κ2) is 8.66. The van der Waals surface area contributed by atoms with E-state index in [1.807, 2.05) is 0 Å². The van der Waals surface area contributed by atoms with E-state index in [1.54, 1.807) is 0 Å². The zero-order valence-electron chi connectivity index (χ0n) is 15.7. The molecule has 1 aromatic heterocycles. The minimum atomic E-state index is -3.94. The standard InChI is InChI=1S/C19H19FN4O3S2/c1-12(2)10-17-22-23-19(28-17)21-18(25)13-4-3-5-16(11-13)29(26,27)24-15-8-6-14(20)7-9-15/h3-9,11-12,24H,10H2,1-2H3,(H,21,23,25). The number of sulfonamides is 1. The molecule has 2 aromatic carbocycles. The maximum absolute atomic E-state index is 13.0. The van der Waals surface area contributed by atoms with E-state index in [9.17, 15) is 17.6 Å². The van der Waals surface area contributed by atoms with Crippen molar-refractivity contribution in [3.63, 3.8) is 0 Å². The molecule has 0 aliphatic carbocycles. The van der Waals surface area contributed by atoms with Gasteiger partial charge < -0.3 is 0 Å². The lowest BCUT2D eigenvalue weighted by Crippen LogP contribution is -2.16. The fourth-order valence-corrected chi connectivity index (χ4v) is 4.49. The van der Waals surface area contributed by atoms with Gasteiger partial charge in [0.25, 0.3) is 15.9 Å². The highest BCUT2D eigenvalue weighted by Gasteiger charge is 2.17. The number of benzene rings is 2. The molecule has 7 nitrogen and oxygen atoms in total. The van der Waals surface area contributed by atoms with Crippen LogP contribution in [-0.4, -0.2) is 24.5 Å². The Morgan fingerprint density at radius 3 is 2.55 bits per heavy atom. The van der Waals surface area contributed by atoms with Gasteiger partial charge in [0.05, 0.1) is 4.90 Å². The summed E-state index contributed by atoms with van der Waals surface area (Å²) in [6, 6.07) is 10.5. The summed E-state index contributed by atoms with van der Waals surface area (Å²) in [4.78, 5) is 12.4. The summed E-state index contributed by atoms with van der Waals surface area (Å²) in [5.41, 5.74) is 0.375. The van der Waals surface area contributed by atoms with E-state index in [4.69, 9.17) is 0 Å². The third kappa shape index (κ3) is 5.58. The molecule has 1 amide bonds. The van der Waals surface area contributed by atoms with E-state index < -0.39 is 21.7 Å². The lowest BCUT2D eigenvalue weighted by atomic mass is 10.1. The molecular weight excluding hydrogens is 415 g/mol. The number of halogens is 1. The molecule has 0 spiro atoms. The van der Waals surface area contributed by atoms with Gasteiger partial charge in [0.2, 0.25) is 5.13 Å². The van der Waals surface area contributed by atoms with Crippen LogP contribution in [0.4, 0.5) is 15.2 Å². The Balaban J connectivity index is 1.75.